The number of pyridine rings is 1. The number of nitrogens with zero attached hydrogens (tertiary/aromatic N) is 7. The highest BCUT2D eigenvalue weighted by Gasteiger charge is 2.26. The minimum atomic E-state index is -0.706. The second-order valence-electron chi connectivity index (χ2n) is 9.88. The number of anilines is 1. The van der Waals surface area contributed by atoms with Crippen LogP contribution in [0.15, 0.2) is 54.9 Å². The number of methoxy groups -OCH3 is 1. The number of fused-ring (bicyclic) bond motifs is 2. The number of aromatic nitrogens is 5. The van der Waals surface area contributed by atoms with Crippen LogP contribution in [0.4, 0.5) is 14.6 Å². The van der Waals surface area contributed by atoms with E-state index < -0.39 is 11.6 Å². The van der Waals surface area contributed by atoms with Gasteiger partial charge in [0.2, 0.25) is 5.91 Å². The van der Waals surface area contributed by atoms with Crippen LogP contribution in [0, 0.1) is 11.6 Å². The van der Waals surface area contributed by atoms with E-state index in [1.807, 2.05) is 11.8 Å². The van der Waals surface area contributed by atoms with Crippen molar-refractivity contribution in [2.75, 3.05) is 38.2 Å². The molecule has 9 nitrogen and oxygen atoms in total. The molecule has 1 amide bonds. The molecule has 0 saturated carbocycles. The van der Waals surface area contributed by atoms with Gasteiger partial charge in [0.15, 0.2) is 5.82 Å². The van der Waals surface area contributed by atoms with E-state index in [-0.39, 0.29) is 28.2 Å². The van der Waals surface area contributed by atoms with Crippen molar-refractivity contribution >= 4 is 51.1 Å². The Morgan fingerprint density at radius 3 is 2.63 bits per heavy atom. The predicted octanol–water partition coefficient (Wildman–Crippen LogP) is 5.50. The number of halogens is 3. The van der Waals surface area contributed by atoms with Crippen LogP contribution in [0.3, 0.4) is 0 Å². The summed E-state index contributed by atoms with van der Waals surface area (Å²) in [5.74, 6) is -0.297. The first-order valence-electron chi connectivity index (χ1n) is 13.7. The third kappa shape index (κ3) is 5.43. The fourth-order valence-corrected chi connectivity index (χ4v) is 5.40. The lowest BCUT2D eigenvalue weighted by atomic mass is 10.0. The molecule has 6 rings (SSSR count). The highest BCUT2D eigenvalue weighted by Crippen LogP contribution is 2.38. The van der Waals surface area contributed by atoms with Crippen molar-refractivity contribution in [1.82, 2.24) is 29.8 Å². The molecular weight excluding hydrogens is 576 g/mol. The summed E-state index contributed by atoms with van der Waals surface area (Å²) in [5.41, 5.74) is 1.00. The number of piperazine rings is 1. The van der Waals surface area contributed by atoms with Gasteiger partial charge in [-0.2, -0.15) is 9.97 Å². The molecule has 1 aliphatic heterocycles. The molecule has 1 aliphatic rings. The third-order valence-corrected chi connectivity index (χ3v) is 7.72. The van der Waals surface area contributed by atoms with Crippen LogP contribution in [0.2, 0.25) is 5.02 Å². The van der Waals surface area contributed by atoms with Crippen molar-refractivity contribution in [1.29, 1.82) is 0 Å². The minimum Gasteiger partial charge on any atom is -0.467 e. The minimum absolute atomic E-state index is 0.00844. The Kier molecular flexibility index (Phi) is 7.81. The van der Waals surface area contributed by atoms with Gasteiger partial charge in [-0.3, -0.25) is 9.78 Å². The Morgan fingerprint density at radius 2 is 1.86 bits per heavy atom. The number of benzene rings is 2. The van der Waals surface area contributed by atoms with Crippen molar-refractivity contribution in [3.05, 3.63) is 83.0 Å². The average Bonchev–Trinajstić information content (AvgIpc) is 3.05. The zero-order chi connectivity index (χ0) is 30.1. The molecule has 0 bridgehead atoms. The molecule has 43 heavy (non-hydrogen) atoms. The lowest BCUT2D eigenvalue weighted by Gasteiger charge is -2.35. The summed E-state index contributed by atoms with van der Waals surface area (Å²) in [6.45, 7) is 3.72. The lowest BCUT2D eigenvalue weighted by Crippen LogP contribution is -2.48. The molecule has 3 aromatic heterocycles. The largest absolute Gasteiger partial charge is 0.467 e. The van der Waals surface area contributed by atoms with Crippen molar-refractivity contribution in [3.63, 3.8) is 0 Å². The summed E-state index contributed by atoms with van der Waals surface area (Å²) in [6, 6.07) is 9.73. The molecule has 1 saturated heterocycles. The van der Waals surface area contributed by atoms with Gasteiger partial charge < -0.3 is 14.5 Å². The molecule has 1 fully saturated rings. The molecule has 5 aromatic rings. The maximum atomic E-state index is 16.2. The van der Waals surface area contributed by atoms with Crippen molar-refractivity contribution < 1.29 is 18.3 Å². The molecule has 0 radical (unpaired) electrons. The van der Waals surface area contributed by atoms with Crippen LogP contribution in [-0.2, 0) is 11.2 Å². The molecule has 0 aliphatic carbocycles. The second-order valence-corrected chi connectivity index (χ2v) is 10.3. The van der Waals surface area contributed by atoms with E-state index in [1.54, 1.807) is 47.5 Å². The predicted molar refractivity (Wildman–Crippen MR) is 161 cm³/mol. The van der Waals surface area contributed by atoms with E-state index in [0.717, 1.165) is 0 Å². The molecule has 12 heteroatoms. The Bertz CT molecular complexity index is 1890. The van der Waals surface area contributed by atoms with Gasteiger partial charge in [-0.25, -0.2) is 18.7 Å². The van der Waals surface area contributed by atoms with Crippen LogP contribution in [0.1, 0.15) is 18.4 Å². The van der Waals surface area contributed by atoms with Gasteiger partial charge in [-0.05, 0) is 23.6 Å². The maximum Gasteiger partial charge on any atom is 0.318 e. The number of ether oxygens (including phenoxy) is 1. The fourth-order valence-electron chi connectivity index (χ4n) is 5.13. The SMILES string of the molecule is CCc1nccc(/C=C/C(=O)N2CCN(c3nc(OC)nc4c(F)c(-c5cccc6ccc(F)c(Cl)c56)ncc34)CC2)n1. The molecule has 0 N–H and O–H groups in total. The third-order valence-electron chi connectivity index (χ3n) is 7.35. The summed E-state index contributed by atoms with van der Waals surface area (Å²) in [7, 11) is 1.41. The van der Waals surface area contributed by atoms with E-state index in [9.17, 15) is 9.18 Å². The summed E-state index contributed by atoms with van der Waals surface area (Å²) in [6.07, 6.45) is 7.07. The summed E-state index contributed by atoms with van der Waals surface area (Å²) in [5, 5.41) is 1.28. The molecular formula is C31H26ClF2N7O2. The molecule has 0 unspecified atom stereocenters. The zero-order valence-electron chi connectivity index (χ0n) is 23.4. The van der Waals surface area contributed by atoms with E-state index in [0.29, 0.717) is 71.7 Å². The zero-order valence-corrected chi connectivity index (χ0v) is 24.1. The van der Waals surface area contributed by atoms with E-state index >= 15 is 4.39 Å². The van der Waals surface area contributed by atoms with Crippen LogP contribution in [-0.4, -0.2) is 69.0 Å². The van der Waals surface area contributed by atoms with Gasteiger partial charge >= 0.3 is 6.01 Å². The summed E-state index contributed by atoms with van der Waals surface area (Å²) in [4.78, 5) is 38.4. The topological polar surface area (TPSA) is 97.2 Å². The normalized spacial score (nSPS) is 13.8. The highest BCUT2D eigenvalue weighted by atomic mass is 35.5. The number of hydrogen-bond acceptors (Lipinski definition) is 8. The average molecular weight is 602 g/mol. The Balaban J connectivity index is 1.29. The van der Waals surface area contributed by atoms with Gasteiger partial charge in [-0.15, -0.1) is 0 Å². The van der Waals surface area contributed by atoms with Gasteiger partial charge in [0.05, 0.1) is 23.2 Å². The smallest absolute Gasteiger partial charge is 0.318 e. The maximum absolute atomic E-state index is 16.2. The van der Waals surface area contributed by atoms with Crippen LogP contribution in [0.25, 0.3) is 39.0 Å². The number of carbonyl (C=O) groups excluding carboxylic acids is 1. The number of carbonyl (C=O) groups is 1. The molecule has 0 spiro atoms. The van der Waals surface area contributed by atoms with Crippen molar-refractivity contribution in [2.45, 2.75) is 13.3 Å². The first kappa shape index (κ1) is 28.4. The molecule has 218 valence electrons. The lowest BCUT2D eigenvalue weighted by molar-refractivity contribution is -0.126. The Morgan fingerprint density at radius 1 is 1.05 bits per heavy atom. The molecule has 2 aromatic carbocycles. The van der Waals surface area contributed by atoms with Crippen molar-refractivity contribution in [2.24, 2.45) is 0 Å². The highest BCUT2D eigenvalue weighted by molar-refractivity contribution is 6.36. The van der Waals surface area contributed by atoms with Crippen molar-refractivity contribution in [3.8, 4) is 17.3 Å². The number of aryl methyl sites for hydroxylation is 1. The molecule has 4 heterocycles. The quantitative estimate of drug-likeness (QED) is 0.235. The van der Waals surface area contributed by atoms with E-state index in [2.05, 4.69) is 24.9 Å². The first-order valence-corrected chi connectivity index (χ1v) is 14.1. The van der Waals surface area contributed by atoms with E-state index in [1.165, 1.54) is 25.4 Å². The summed E-state index contributed by atoms with van der Waals surface area (Å²) < 4.78 is 35.9. The van der Waals surface area contributed by atoms with Crippen LogP contribution in [0.5, 0.6) is 6.01 Å². The standard InChI is InChI=1S/C31H26ClF2N7O2/c1-3-23-35-12-11-19(37-23)8-10-24(42)40-13-15-41(16-14-40)30-21-17-36-28(27(34)29(21)38-31(39-30)43-2)20-6-4-5-18-7-9-22(33)26(32)25(18)20/h4-12,17H,3,13-16H2,1-2H3/b10-8+. The number of amides is 1. The second kappa shape index (κ2) is 11.8. The van der Waals surface area contributed by atoms with Crippen LogP contribution >= 0.6 is 11.6 Å². The van der Waals surface area contributed by atoms with E-state index in [4.69, 9.17) is 16.3 Å². The Hall–Kier alpha value is -4.77. The van der Waals surface area contributed by atoms with Gasteiger partial charge in [0.25, 0.3) is 0 Å². The Labute approximate surface area is 250 Å². The van der Waals surface area contributed by atoms with Gasteiger partial charge in [-0.1, -0.05) is 42.8 Å². The number of hydrogen-bond donors (Lipinski definition) is 0. The summed E-state index contributed by atoms with van der Waals surface area (Å²) >= 11 is 6.31. The van der Waals surface area contributed by atoms with Gasteiger partial charge in [0, 0.05) is 62.0 Å². The van der Waals surface area contributed by atoms with Gasteiger partial charge in [0.1, 0.15) is 28.7 Å². The number of rotatable bonds is 6. The monoisotopic (exact) mass is 601 g/mol. The first-order chi connectivity index (χ1) is 20.9. The fraction of sp³-hybridized carbons (Fsp3) is 0.226. The molecule has 0 atom stereocenters. The van der Waals surface area contributed by atoms with Crippen LogP contribution < -0.4 is 9.64 Å².